The van der Waals surface area contributed by atoms with Crippen molar-refractivity contribution in [2.45, 2.75) is 6.92 Å². The second kappa shape index (κ2) is 8.64. The summed E-state index contributed by atoms with van der Waals surface area (Å²) in [5.74, 6) is 0.769. The molecule has 7 rings (SSSR count). The Morgan fingerprint density at radius 2 is 0.973 bits per heavy atom. The molecule has 5 heteroatoms. The van der Waals surface area contributed by atoms with Gasteiger partial charge in [0, 0.05) is 45.1 Å². The first-order valence-electron chi connectivity index (χ1n) is 12.4. The van der Waals surface area contributed by atoms with Crippen LogP contribution in [-0.4, -0.2) is 26.5 Å². The summed E-state index contributed by atoms with van der Waals surface area (Å²) in [6, 6.07) is 30.8. The molecule has 4 heterocycles. The van der Waals surface area contributed by atoms with Crippen molar-refractivity contribution in [3.8, 4) is 28.3 Å². The fraction of sp³-hybridized carbons (Fsp3) is 0.0625. The van der Waals surface area contributed by atoms with Gasteiger partial charge in [-0.25, -0.2) is 9.97 Å². The molecule has 176 valence electrons. The minimum absolute atomic E-state index is 0.528. The number of rotatable bonds is 4. The second-order valence-electron chi connectivity index (χ2n) is 8.93. The van der Waals surface area contributed by atoms with Crippen LogP contribution in [0.25, 0.3) is 66.1 Å². The zero-order chi connectivity index (χ0) is 24.8. The lowest BCUT2D eigenvalue weighted by molar-refractivity contribution is 0.343. The Morgan fingerprint density at radius 1 is 0.514 bits per heavy atom. The minimum atomic E-state index is 0.528. The zero-order valence-electron chi connectivity index (χ0n) is 20.2. The van der Waals surface area contributed by atoms with Crippen molar-refractivity contribution in [3.05, 3.63) is 103 Å². The maximum Gasteiger partial charge on any atom is 0.138 e. The Morgan fingerprint density at radius 3 is 1.46 bits per heavy atom. The summed E-state index contributed by atoms with van der Waals surface area (Å²) < 4.78 is 6.26. The molecule has 0 spiro atoms. The average Bonchev–Trinajstić information content (AvgIpc) is 2.97. The molecule has 7 aromatic rings. The summed E-state index contributed by atoms with van der Waals surface area (Å²) in [6.07, 6.45) is 3.62. The van der Waals surface area contributed by atoms with E-state index in [9.17, 15) is 0 Å². The molecule has 4 aromatic heterocycles. The number of aromatic nitrogens is 4. The molecule has 0 saturated heterocycles. The van der Waals surface area contributed by atoms with E-state index in [0.29, 0.717) is 6.61 Å². The van der Waals surface area contributed by atoms with Crippen molar-refractivity contribution in [1.82, 2.24) is 19.9 Å². The molecule has 0 aliphatic heterocycles. The quantitative estimate of drug-likeness (QED) is 0.244. The smallest absolute Gasteiger partial charge is 0.138 e. The molecule has 0 amide bonds. The first-order chi connectivity index (χ1) is 18.3. The average molecular weight is 479 g/mol. The summed E-state index contributed by atoms with van der Waals surface area (Å²) in [5.41, 5.74) is 7.07. The summed E-state index contributed by atoms with van der Waals surface area (Å²) in [4.78, 5) is 19.4. The number of nitrogens with zero attached hydrogens (tertiary/aromatic N) is 4. The molecule has 0 N–H and O–H groups in total. The third-order valence-electron chi connectivity index (χ3n) is 6.72. The monoisotopic (exact) mass is 478 g/mol. The Balaban J connectivity index is 1.44. The highest BCUT2D eigenvalue weighted by Gasteiger charge is 2.17. The van der Waals surface area contributed by atoms with Crippen molar-refractivity contribution >= 4 is 43.6 Å². The molecule has 3 aromatic carbocycles. The minimum Gasteiger partial charge on any atom is -0.492 e. The van der Waals surface area contributed by atoms with Gasteiger partial charge in [-0.05, 0) is 43.3 Å². The normalized spacial score (nSPS) is 11.5. The highest BCUT2D eigenvalue weighted by atomic mass is 16.5. The Labute approximate surface area is 213 Å². The molecule has 0 aliphatic rings. The number of ether oxygens (including phenoxy) is 1. The Hall–Kier alpha value is -4.90. The molecular weight excluding hydrogens is 456 g/mol. The second-order valence-corrected chi connectivity index (χ2v) is 8.93. The molecule has 0 fully saturated rings. The van der Waals surface area contributed by atoms with E-state index >= 15 is 0 Å². The van der Waals surface area contributed by atoms with E-state index in [1.165, 1.54) is 0 Å². The van der Waals surface area contributed by atoms with Crippen LogP contribution in [0.1, 0.15) is 6.92 Å². The lowest BCUT2D eigenvalue weighted by atomic mass is 10.0. The topological polar surface area (TPSA) is 60.8 Å². The Kier molecular flexibility index (Phi) is 5.00. The summed E-state index contributed by atoms with van der Waals surface area (Å²) in [6.45, 7) is 2.53. The number of para-hydroxylation sites is 1. The molecule has 37 heavy (non-hydrogen) atoms. The Bertz CT molecular complexity index is 1830. The van der Waals surface area contributed by atoms with Gasteiger partial charge in [-0.15, -0.1) is 0 Å². The van der Waals surface area contributed by atoms with Gasteiger partial charge in [-0.1, -0.05) is 54.6 Å². The van der Waals surface area contributed by atoms with E-state index < -0.39 is 0 Å². The molecular formula is C32H22N4O. The molecule has 0 bridgehead atoms. The molecule has 5 nitrogen and oxygen atoms in total. The van der Waals surface area contributed by atoms with Gasteiger partial charge in [0.25, 0.3) is 0 Å². The summed E-state index contributed by atoms with van der Waals surface area (Å²) in [7, 11) is 0. The number of fused-ring (bicyclic) bond motifs is 6. The maximum absolute atomic E-state index is 6.26. The number of pyridine rings is 4. The molecule has 0 atom stereocenters. The van der Waals surface area contributed by atoms with Gasteiger partial charge in [0.15, 0.2) is 0 Å². The predicted octanol–water partition coefficient (Wildman–Crippen LogP) is 7.61. The van der Waals surface area contributed by atoms with Gasteiger partial charge in [-0.3, -0.25) is 9.97 Å². The van der Waals surface area contributed by atoms with E-state index in [-0.39, 0.29) is 0 Å². The SMILES string of the molecule is CCOc1c(-c2ccc3ccc4cccnc4c3n2)cccc1-c1ccc2ccc3cccnc3c2n1. The van der Waals surface area contributed by atoms with Crippen molar-refractivity contribution < 1.29 is 4.74 Å². The first kappa shape index (κ1) is 21.4. The maximum atomic E-state index is 6.26. The van der Waals surface area contributed by atoms with Crippen LogP contribution in [-0.2, 0) is 0 Å². The van der Waals surface area contributed by atoms with Crippen molar-refractivity contribution in [3.63, 3.8) is 0 Å². The molecule has 0 saturated carbocycles. The molecule has 0 radical (unpaired) electrons. The lowest BCUT2D eigenvalue weighted by Crippen LogP contribution is -1.99. The third-order valence-corrected chi connectivity index (χ3v) is 6.72. The van der Waals surface area contributed by atoms with E-state index in [1.54, 1.807) is 0 Å². The zero-order valence-corrected chi connectivity index (χ0v) is 20.2. The predicted molar refractivity (Wildman–Crippen MR) is 150 cm³/mol. The largest absolute Gasteiger partial charge is 0.492 e. The van der Waals surface area contributed by atoms with Crippen LogP contribution in [0.2, 0.25) is 0 Å². The van der Waals surface area contributed by atoms with Crippen LogP contribution in [0.15, 0.2) is 103 Å². The summed E-state index contributed by atoms with van der Waals surface area (Å²) >= 11 is 0. The van der Waals surface area contributed by atoms with Crippen LogP contribution in [0.3, 0.4) is 0 Å². The van der Waals surface area contributed by atoms with Crippen LogP contribution in [0, 0.1) is 0 Å². The van der Waals surface area contributed by atoms with Crippen molar-refractivity contribution in [1.29, 1.82) is 0 Å². The highest BCUT2D eigenvalue weighted by molar-refractivity contribution is 6.04. The van der Waals surface area contributed by atoms with Gasteiger partial charge >= 0.3 is 0 Å². The van der Waals surface area contributed by atoms with E-state index in [2.05, 4.69) is 70.6 Å². The lowest BCUT2D eigenvalue weighted by Gasteiger charge is -2.16. The van der Waals surface area contributed by atoms with Crippen LogP contribution >= 0.6 is 0 Å². The van der Waals surface area contributed by atoms with Gasteiger partial charge in [0.1, 0.15) is 5.75 Å². The molecule has 0 aliphatic carbocycles. The third kappa shape index (κ3) is 3.55. The fourth-order valence-electron chi connectivity index (χ4n) is 4.99. The van der Waals surface area contributed by atoms with Crippen molar-refractivity contribution in [2.24, 2.45) is 0 Å². The first-order valence-corrected chi connectivity index (χ1v) is 12.4. The highest BCUT2D eigenvalue weighted by Crippen LogP contribution is 2.39. The van der Waals surface area contributed by atoms with E-state index in [1.807, 2.05) is 49.6 Å². The van der Waals surface area contributed by atoms with Crippen LogP contribution < -0.4 is 4.74 Å². The van der Waals surface area contributed by atoms with Crippen LogP contribution in [0.5, 0.6) is 5.75 Å². The molecule has 0 unspecified atom stereocenters. The van der Waals surface area contributed by atoms with Gasteiger partial charge in [0.2, 0.25) is 0 Å². The van der Waals surface area contributed by atoms with Gasteiger partial charge < -0.3 is 4.74 Å². The van der Waals surface area contributed by atoms with Crippen LogP contribution in [0.4, 0.5) is 0 Å². The summed E-state index contributed by atoms with van der Waals surface area (Å²) in [5, 5.41) is 4.25. The standard InChI is InChI=1S/C32H22N4O/c1-2-37-32-24(26-16-14-22-12-10-20-6-4-18-33-28(20)30(22)35-26)8-3-9-25(32)27-17-15-23-13-11-21-7-5-19-34-29(21)31(23)36-27/h3-19H,2H2,1H3. The van der Waals surface area contributed by atoms with E-state index in [0.717, 1.165) is 71.9 Å². The van der Waals surface area contributed by atoms with Gasteiger partial charge in [-0.2, -0.15) is 0 Å². The number of benzene rings is 3. The number of hydrogen-bond donors (Lipinski definition) is 0. The number of hydrogen-bond acceptors (Lipinski definition) is 5. The van der Waals surface area contributed by atoms with Crippen molar-refractivity contribution in [2.75, 3.05) is 6.61 Å². The fourth-order valence-corrected chi connectivity index (χ4v) is 4.99. The van der Waals surface area contributed by atoms with Gasteiger partial charge in [0.05, 0.1) is 40.1 Å². The van der Waals surface area contributed by atoms with E-state index in [4.69, 9.17) is 14.7 Å².